The molecule has 2 aromatic carbocycles. The minimum atomic E-state index is -0.842. The van der Waals surface area contributed by atoms with Crippen molar-refractivity contribution in [2.45, 2.75) is 25.9 Å². The van der Waals surface area contributed by atoms with E-state index in [2.05, 4.69) is 0 Å². The first-order chi connectivity index (χ1) is 15.7. The first kappa shape index (κ1) is 22.8. The summed E-state index contributed by atoms with van der Waals surface area (Å²) in [4.78, 5) is 37.6. The Hall–Kier alpha value is -3.39. The molecule has 0 bridgehead atoms. The fourth-order valence-electron chi connectivity index (χ4n) is 4.01. The molecule has 1 aliphatic rings. The molecule has 33 heavy (non-hydrogen) atoms. The number of carboxylic acids is 1. The molecule has 1 amide bonds. The van der Waals surface area contributed by atoms with Gasteiger partial charge in [0.1, 0.15) is 17.1 Å². The van der Waals surface area contributed by atoms with Gasteiger partial charge in [0.05, 0.1) is 10.9 Å². The van der Waals surface area contributed by atoms with Crippen LogP contribution in [0.2, 0.25) is 5.02 Å². The number of benzene rings is 2. The van der Waals surface area contributed by atoms with E-state index in [1.54, 1.807) is 24.0 Å². The number of halogens is 2. The lowest BCUT2D eigenvalue weighted by atomic mass is 9.97. The second kappa shape index (κ2) is 9.23. The Morgan fingerprint density at radius 3 is 2.55 bits per heavy atom. The topological polar surface area (TPSA) is 97.0 Å². The number of carboxylic acid groups (broad SMARTS) is 1. The van der Waals surface area contributed by atoms with Crippen LogP contribution in [-0.4, -0.2) is 41.1 Å². The summed E-state index contributed by atoms with van der Waals surface area (Å²) in [6, 6.07) is 10.0. The molecule has 1 aliphatic heterocycles. The number of likely N-dealkylation sites (tertiary alicyclic amines) is 1. The zero-order valence-electron chi connectivity index (χ0n) is 17.7. The second-order valence-corrected chi connectivity index (χ2v) is 8.37. The molecule has 1 fully saturated rings. The molecule has 3 aromatic rings. The van der Waals surface area contributed by atoms with Crippen molar-refractivity contribution in [3.63, 3.8) is 0 Å². The average Bonchev–Trinajstić information content (AvgIpc) is 2.78. The van der Waals surface area contributed by atoms with E-state index in [0.717, 1.165) is 0 Å². The van der Waals surface area contributed by atoms with Crippen molar-refractivity contribution >= 4 is 34.4 Å². The van der Waals surface area contributed by atoms with Crippen molar-refractivity contribution in [2.75, 3.05) is 13.1 Å². The predicted molar refractivity (Wildman–Crippen MR) is 120 cm³/mol. The molecule has 4 rings (SSSR count). The standard InChI is InChI=1S/C24H21ClFNO6/c1-13(23(29)27-8-6-14(7-9-27)24(30)31)32-16-3-5-18-19(12-22(28)33-21(18)11-16)17-4-2-15(26)10-20(17)25/h2-5,10-14H,6-9H2,1H3,(H,30,31)/t13-/m1/s1. The molecule has 0 spiro atoms. The fourth-order valence-corrected chi connectivity index (χ4v) is 4.27. The van der Waals surface area contributed by atoms with Gasteiger partial charge in [0.2, 0.25) is 0 Å². The third-order valence-electron chi connectivity index (χ3n) is 5.75. The first-order valence-corrected chi connectivity index (χ1v) is 10.8. The number of piperidine rings is 1. The molecule has 172 valence electrons. The van der Waals surface area contributed by atoms with Gasteiger partial charge in [0.25, 0.3) is 5.91 Å². The molecule has 0 radical (unpaired) electrons. The van der Waals surface area contributed by atoms with E-state index >= 15 is 0 Å². The highest BCUT2D eigenvalue weighted by atomic mass is 35.5. The van der Waals surface area contributed by atoms with Crippen LogP contribution in [0.4, 0.5) is 4.39 Å². The lowest BCUT2D eigenvalue weighted by Gasteiger charge is -2.32. The van der Waals surface area contributed by atoms with Gasteiger partial charge >= 0.3 is 11.6 Å². The van der Waals surface area contributed by atoms with Crippen LogP contribution in [0.3, 0.4) is 0 Å². The third kappa shape index (κ3) is 4.85. The Balaban J connectivity index is 1.55. The molecule has 1 atom stereocenters. The Morgan fingerprint density at radius 1 is 1.15 bits per heavy atom. The summed E-state index contributed by atoms with van der Waals surface area (Å²) in [6.07, 6.45) is -0.00177. The largest absolute Gasteiger partial charge is 0.481 e. The van der Waals surface area contributed by atoms with Crippen LogP contribution in [0.15, 0.2) is 51.7 Å². The van der Waals surface area contributed by atoms with E-state index in [1.165, 1.54) is 30.3 Å². The fraction of sp³-hybridized carbons (Fsp3) is 0.292. The Bertz CT molecular complexity index is 1280. The van der Waals surface area contributed by atoms with E-state index in [9.17, 15) is 18.8 Å². The van der Waals surface area contributed by atoms with Gasteiger partial charge in [0.15, 0.2) is 6.10 Å². The van der Waals surface area contributed by atoms with Crippen molar-refractivity contribution in [3.8, 4) is 16.9 Å². The summed E-state index contributed by atoms with van der Waals surface area (Å²) in [5.74, 6) is -1.68. The Kier molecular flexibility index (Phi) is 6.37. The summed E-state index contributed by atoms with van der Waals surface area (Å²) in [7, 11) is 0. The maximum Gasteiger partial charge on any atom is 0.336 e. The van der Waals surface area contributed by atoms with Gasteiger partial charge in [-0.3, -0.25) is 9.59 Å². The molecule has 0 aliphatic carbocycles. The summed E-state index contributed by atoms with van der Waals surface area (Å²) in [5.41, 5.74) is 0.596. The van der Waals surface area contributed by atoms with Crippen molar-refractivity contribution in [2.24, 2.45) is 5.92 Å². The number of hydrogen-bond acceptors (Lipinski definition) is 5. The number of amides is 1. The van der Waals surface area contributed by atoms with E-state index < -0.39 is 29.4 Å². The van der Waals surface area contributed by atoms with Crippen molar-refractivity contribution in [3.05, 3.63) is 63.7 Å². The second-order valence-electron chi connectivity index (χ2n) is 7.96. The van der Waals surface area contributed by atoms with Crippen molar-refractivity contribution < 1.29 is 28.2 Å². The monoisotopic (exact) mass is 473 g/mol. The number of rotatable bonds is 5. The number of fused-ring (bicyclic) bond motifs is 1. The van der Waals surface area contributed by atoms with Gasteiger partial charge in [-0.1, -0.05) is 11.6 Å². The Morgan fingerprint density at radius 2 is 1.88 bits per heavy atom. The van der Waals surface area contributed by atoms with Gasteiger partial charge < -0.3 is 19.2 Å². The molecule has 1 saturated heterocycles. The highest BCUT2D eigenvalue weighted by Gasteiger charge is 2.30. The lowest BCUT2D eigenvalue weighted by molar-refractivity contribution is -0.147. The predicted octanol–water partition coefficient (Wildman–Crippen LogP) is 4.34. The molecule has 2 heterocycles. The summed E-state index contributed by atoms with van der Waals surface area (Å²) < 4.78 is 24.6. The Labute approximate surface area is 193 Å². The summed E-state index contributed by atoms with van der Waals surface area (Å²) >= 11 is 6.18. The lowest BCUT2D eigenvalue weighted by Crippen LogP contribution is -2.45. The third-order valence-corrected chi connectivity index (χ3v) is 6.07. The van der Waals surface area contributed by atoms with Gasteiger partial charge in [-0.05, 0) is 50.1 Å². The van der Waals surface area contributed by atoms with Crippen LogP contribution in [0.1, 0.15) is 19.8 Å². The van der Waals surface area contributed by atoms with Gasteiger partial charge in [-0.25, -0.2) is 9.18 Å². The zero-order valence-corrected chi connectivity index (χ0v) is 18.5. The van der Waals surface area contributed by atoms with Crippen LogP contribution in [0, 0.1) is 11.7 Å². The maximum absolute atomic E-state index is 13.4. The number of carbonyl (C=O) groups excluding carboxylic acids is 1. The van der Waals surface area contributed by atoms with E-state index in [-0.39, 0.29) is 16.5 Å². The highest BCUT2D eigenvalue weighted by molar-refractivity contribution is 6.33. The molecular formula is C24H21ClFNO6. The van der Waals surface area contributed by atoms with Gasteiger partial charge in [0, 0.05) is 41.7 Å². The van der Waals surface area contributed by atoms with Crippen LogP contribution < -0.4 is 10.4 Å². The van der Waals surface area contributed by atoms with Crippen molar-refractivity contribution in [1.82, 2.24) is 4.90 Å². The summed E-state index contributed by atoms with van der Waals surface area (Å²) in [5, 5.41) is 9.84. The highest BCUT2D eigenvalue weighted by Crippen LogP contribution is 2.34. The van der Waals surface area contributed by atoms with E-state index in [4.69, 9.17) is 25.9 Å². The molecule has 7 nitrogen and oxygen atoms in total. The molecular weight excluding hydrogens is 453 g/mol. The smallest absolute Gasteiger partial charge is 0.336 e. The zero-order chi connectivity index (χ0) is 23.7. The summed E-state index contributed by atoms with van der Waals surface area (Å²) in [6.45, 7) is 2.33. The number of carbonyl (C=O) groups is 2. The van der Waals surface area contributed by atoms with Crippen LogP contribution in [0.25, 0.3) is 22.1 Å². The van der Waals surface area contributed by atoms with Crippen molar-refractivity contribution in [1.29, 1.82) is 0 Å². The molecule has 0 saturated carbocycles. The molecule has 9 heteroatoms. The number of aliphatic carboxylic acids is 1. The minimum Gasteiger partial charge on any atom is -0.481 e. The minimum absolute atomic E-state index is 0.160. The SMILES string of the molecule is C[C@@H](Oc1ccc2c(-c3ccc(F)cc3Cl)cc(=O)oc2c1)C(=O)N1CCC(C(=O)O)CC1. The number of hydrogen-bond donors (Lipinski definition) is 1. The molecule has 0 unspecified atom stereocenters. The normalized spacial score (nSPS) is 15.4. The number of ether oxygens (including phenoxy) is 1. The van der Waals surface area contributed by atoms with Crippen LogP contribution in [-0.2, 0) is 9.59 Å². The average molecular weight is 474 g/mol. The van der Waals surface area contributed by atoms with E-state index in [1.807, 2.05) is 0 Å². The number of nitrogens with zero attached hydrogens (tertiary/aromatic N) is 1. The van der Waals surface area contributed by atoms with E-state index in [0.29, 0.717) is 48.2 Å². The maximum atomic E-state index is 13.4. The van der Waals surface area contributed by atoms with Gasteiger partial charge in [-0.2, -0.15) is 0 Å². The quantitative estimate of drug-likeness (QED) is 0.553. The molecule has 1 N–H and O–H groups in total. The van der Waals surface area contributed by atoms with Crippen LogP contribution in [0.5, 0.6) is 5.75 Å². The van der Waals surface area contributed by atoms with Gasteiger partial charge in [-0.15, -0.1) is 0 Å². The first-order valence-electron chi connectivity index (χ1n) is 10.4. The molecule has 1 aromatic heterocycles. The van der Waals surface area contributed by atoms with Crippen LogP contribution >= 0.6 is 11.6 Å².